The van der Waals surface area contributed by atoms with Crippen LogP contribution in [0.3, 0.4) is 0 Å². The molecule has 2 aromatic carbocycles. The number of carbonyl (C=O) groups excluding carboxylic acids is 3. The van der Waals surface area contributed by atoms with E-state index < -0.39 is 0 Å². The highest BCUT2D eigenvalue weighted by Gasteiger charge is 2.29. The number of hydrogen-bond acceptors (Lipinski definition) is 4. The number of rotatable bonds is 8. The largest absolute Gasteiger partial charge is 0.355 e. The van der Waals surface area contributed by atoms with Gasteiger partial charge >= 0.3 is 6.03 Å². The van der Waals surface area contributed by atoms with Crippen molar-refractivity contribution in [3.63, 3.8) is 0 Å². The van der Waals surface area contributed by atoms with E-state index in [2.05, 4.69) is 34.7 Å². The summed E-state index contributed by atoms with van der Waals surface area (Å²) < 4.78 is 0. The van der Waals surface area contributed by atoms with E-state index in [1.165, 1.54) is 0 Å². The maximum atomic E-state index is 12.9. The average molecular weight is 480 g/mol. The summed E-state index contributed by atoms with van der Waals surface area (Å²) in [7, 11) is 4.06. The van der Waals surface area contributed by atoms with Crippen molar-refractivity contribution < 1.29 is 14.4 Å². The Morgan fingerprint density at radius 3 is 2.06 bits per heavy atom. The maximum Gasteiger partial charge on any atom is 0.323 e. The van der Waals surface area contributed by atoms with Gasteiger partial charge in [0, 0.05) is 49.0 Å². The molecular formula is C27H37N5O3. The smallest absolute Gasteiger partial charge is 0.323 e. The van der Waals surface area contributed by atoms with Crippen molar-refractivity contribution in [2.75, 3.05) is 50.9 Å². The summed E-state index contributed by atoms with van der Waals surface area (Å²) in [6.45, 7) is 6.92. The molecule has 0 aliphatic carbocycles. The second-order valence-corrected chi connectivity index (χ2v) is 10.2. The minimum Gasteiger partial charge on any atom is -0.355 e. The Balaban J connectivity index is 1.45. The van der Waals surface area contributed by atoms with Gasteiger partial charge in [0.2, 0.25) is 5.91 Å². The predicted molar refractivity (Wildman–Crippen MR) is 139 cm³/mol. The van der Waals surface area contributed by atoms with E-state index >= 15 is 0 Å². The zero-order valence-electron chi connectivity index (χ0n) is 21.1. The molecule has 0 saturated carbocycles. The summed E-state index contributed by atoms with van der Waals surface area (Å²) in [5.41, 5.74) is 1.86. The topological polar surface area (TPSA) is 93.8 Å². The van der Waals surface area contributed by atoms with Crippen LogP contribution in [-0.4, -0.2) is 67.9 Å². The van der Waals surface area contributed by atoms with Crippen molar-refractivity contribution in [3.8, 4) is 0 Å². The Hall–Kier alpha value is -3.39. The second-order valence-electron chi connectivity index (χ2n) is 10.2. The number of nitrogens with zero attached hydrogens (tertiary/aromatic N) is 2. The average Bonchev–Trinajstić information content (AvgIpc) is 2.82. The Labute approximate surface area is 208 Å². The number of likely N-dealkylation sites (tertiary alicyclic amines) is 1. The summed E-state index contributed by atoms with van der Waals surface area (Å²) in [6.07, 6.45) is 1.32. The summed E-state index contributed by atoms with van der Waals surface area (Å²) in [4.78, 5) is 41.7. The van der Waals surface area contributed by atoms with Gasteiger partial charge in [-0.25, -0.2) is 4.79 Å². The van der Waals surface area contributed by atoms with Crippen molar-refractivity contribution in [3.05, 3.63) is 60.2 Å². The molecule has 0 bridgehead atoms. The fourth-order valence-corrected chi connectivity index (χ4v) is 4.42. The molecule has 1 saturated heterocycles. The number of anilines is 2. The van der Waals surface area contributed by atoms with Gasteiger partial charge in [-0.15, -0.1) is 0 Å². The van der Waals surface area contributed by atoms with Crippen LogP contribution in [0, 0.1) is 11.3 Å². The molecule has 8 heteroatoms. The van der Waals surface area contributed by atoms with E-state index in [1.807, 2.05) is 32.3 Å². The molecule has 1 heterocycles. The molecule has 0 atom stereocenters. The monoisotopic (exact) mass is 479 g/mol. The van der Waals surface area contributed by atoms with E-state index in [-0.39, 0.29) is 29.2 Å². The van der Waals surface area contributed by atoms with Crippen LogP contribution in [0.25, 0.3) is 0 Å². The van der Waals surface area contributed by atoms with Crippen LogP contribution in [0.2, 0.25) is 0 Å². The molecule has 0 aromatic heterocycles. The van der Waals surface area contributed by atoms with Gasteiger partial charge in [0.1, 0.15) is 0 Å². The van der Waals surface area contributed by atoms with Crippen molar-refractivity contribution in [2.45, 2.75) is 26.7 Å². The zero-order chi connectivity index (χ0) is 25.4. The molecule has 1 fully saturated rings. The second kappa shape index (κ2) is 11.8. The lowest BCUT2D eigenvalue weighted by Crippen LogP contribution is -2.46. The first-order chi connectivity index (χ1) is 16.6. The Bertz CT molecular complexity index is 997. The fourth-order valence-electron chi connectivity index (χ4n) is 4.42. The van der Waals surface area contributed by atoms with Crippen LogP contribution in [0.15, 0.2) is 54.6 Å². The number of piperidine rings is 1. The third-order valence-electron chi connectivity index (χ3n) is 6.06. The predicted octanol–water partition coefficient (Wildman–Crippen LogP) is 3.89. The molecule has 188 valence electrons. The highest BCUT2D eigenvalue weighted by Crippen LogP contribution is 2.21. The Morgan fingerprint density at radius 2 is 1.49 bits per heavy atom. The molecule has 0 spiro atoms. The summed E-state index contributed by atoms with van der Waals surface area (Å²) in [5.74, 6) is -0.0479. The highest BCUT2D eigenvalue weighted by molar-refractivity contribution is 6.00. The first-order valence-corrected chi connectivity index (χ1v) is 12.1. The minimum absolute atomic E-state index is 0.000923. The number of carbonyl (C=O) groups is 3. The van der Waals surface area contributed by atoms with Gasteiger partial charge in [0.25, 0.3) is 5.91 Å². The van der Waals surface area contributed by atoms with E-state index in [0.717, 1.165) is 6.54 Å². The molecule has 2 aromatic rings. The molecule has 1 aliphatic heterocycles. The SMILES string of the molecule is CN(C)CC(C)(C)CNC(=O)C1CCN(C(=O)c2ccc(NC(=O)Nc3ccccc3)cc2)CC1. The van der Waals surface area contributed by atoms with Crippen LogP contribution in [0.4, 0.5) is 16.2 Å². The van der Waals surface area contributed by atoms with Crippen LogP contribution in [0.5, 0.6) is 0 Å². The van der Waals surface area contributed by atoms with Gasteiger partial charge in [-0.1, -0.05) is 32.0 Å². The summed E-state index contributed by atoms with van der Waals surface area (Å²) in [6, 6.07) is 15.7. The van der Waals surface area contributed by atoms with Crippen molar-refractivity contribution in [1.82, 2.24) is 15.1 Å². The van der Waals surface area contributed by atoms with Gasteiger partial charge in [0.15, 0.2) is 0 Å². The third kappa shape index (κ3) is 8.10. The van der Waals surface area contributed by atoms with Crippen molar-refractivity contribution >= 4 is 29.2 Å². The van der Waals surface area contributed by atoms with Crippen molar-refractivity contribution in [1.29, 1.82) is 0 Å². The quantitative estimate of drug-likeness (QED) is 0.536. The number of benzene rings is 2. The molecule has 4 amide bonds. The number of hydrogen-bond donors (Lipinski definition) is 3. The Kier molecular flexibility index (Phi) is 8.87. The number of nitrogens with one attached hydrogen (secondary N) is 3. The lowest BCUT2D eigenvalue weighted by Gasteiger charge is -2.33. The lowest BCUT2D eigenvalue weighted by atomic mass is 9.91. The fraction of sp³-hybridized carbons (Fsp3) is 0.444. The van der Waals surface area contributed by atoms with Crippen molar-refractivity contribution in [2.24, 2.45) is 11.3 Å². The minimum atomic E-state index is -0.347. The molecule has 0 unspecified atom stereocenters. The lowest BCUT2D eigenvalue weighted by molar-refractivity contribution is -0.126. The van der Waals surface area contributed by atoms with Crippen LogP contribution >= 0.6 is 0 Å². The number of amides is 4. The molecular weight excluding hydrogens is 442 g/mol. The normalized spacial score (nSPS) is 14.5. The van der Waals surface area contributed by atoms with Crippen LogP contribution < -0.4 is 16.0 Å². The van der Waals surface area contributed by atoms with E-state index in [9.17, 15) is 14.4 Å². The molecule has 0 radical (unpaired) electrons. The highest BCUT2D eigenvalue weighted by atomic mass is 16.2. The van der Waals surface area contributed by atoms with Gasteiger partial charge in [-0.05, 0) is 68.8 Å². The molecule has 3 N–H and O–H groups in total. The number of para-hydroxylation sites is 1. The van der Waals surface area contributed by atoms with Crippen LogP contribution in [-0.2, 0) is 4.79 Å². The van der Waals surface area contributed by atoms with E-state index in [4.69, 9.17) is 0 Å². The molecule has 1 aliphatic rings. The summed E-state index contributed by atoms with van der Waals surface area (Å²) >= 11 is 0. The molecule has 35 heavy (non-hydrogen) atoms. The maximum absolute atomic E-state index is 12.9. The Morgan fingerprint density at radius 1 is 0.914 bits per heavy atom. The first kappa shape index (κ1) is 26.2. The van der Waals surface area contributed by atoms with Gasteiger partial charge < -0.3 is 25.8 Å². The summed E-state index contributed by atoms with van der Waals surface area (Å²) in [5, 5.41) is 8.63. The van der Waals surface area contributed by atoms with Gasteiger partial charge in [-0.3, -0.25) is 9.59 Å². The number of urea groups is 1. The van der Waals surface area contributed by atoms with Gasteiger partial charge in [-0.2, -0.15) is 0 Å². The standard InChI is InChI=1S/C27H37N5O3/c1-27(2,19-31(3)4)18-28-24(33)20-14-16-32(17-15-20)25(34)21-10-12-23(13-11-21)30-26(35)29-22-8-6-5-7-9-22/h5-13,20H,14-19H2,1-4H3,(H,28,33)(H2,29,30,35). The van der Waals surface area contributed by atoms with E-state index in [0.29, 0.717) is 49.4 Å². The molecule has 3 rings (SSSR count). The van der Waals surface area contributed by atoms with Crippen LogP contribution in [0.1, 0.15) is 37.0 Å². The first-order valence-electron chi connectivity index (χ1n) is 12.1. The van der Waals surface area contributed by atoms with Gasteiger partial charge in [0.05, 0.1) is 0 Å². The third-order valence-corrected chi connectivity index (χ3v) is 6.06. The molecule has 8 nitrogen and oxygen atoms in total. The zero-order valence-corrected chi connectivity index (χ0v) is 21.1. The van der Waals surface area contributed by atoms with E-state index in [1.54, 1.807) is 41.3 Å².